The lowest BCUT2D eigenvalue weighted by Crippen LogP contribution is -2.20. The summed E-state index contributed by atoms with van der Waals surface area (Å²) in [6, 6.07) is 0. The van der Waals surface area contributed by atoms with Crippen molar-refractivity contribution in [3.05, 3.63) is 107 Å². The minimum absolute atomic E-state index is 0.186. The average molecular weight is 459 g/mol. The Morgan fingerprint density at radius 1 is 1.15 bits per heavy atom. The zero-order valence-electron chi connectivity index (χ0n) is 21.3. The van der Waals surface area contributed by atoms with E-state index in [-0.39, 0.29) is 5.15 Å². The van der Waals surface area contributed by atoms with E-state index in [0.29, 0.717) is 6.71 Å². The first-order chi connectivity index (χ1) is 15.9. The Kier molecular flexibility index (Phi) is 12.5. The van der Waals surface area contributed by atoms with Crippen LogP contribution in [0.3, 0.4) is 0 Å². The number of rotatable bonds is 11. The average Bonchev–Trinajstić information content (AvgIpc) is 3.34. The van der Waals surface area contributed by atoms with Gasteiger partial charge in [-0.05, 0) is 74.2 Å². The fourth-order valence-electron chi connectivity index (χ4n) is 4.55. The van der Waals surface area contributed by atoms with E-state index in [1.165, 1.54) is 53.5 Å². The summed E-state index contributed by atoms with van der Waals surface area (Å²) in [7, 11) is 0. The summed E-state index contributed by atoms with van der Waals surface area (Å²) in [4.78, 5) is 0. The maximum Gasteiger partial charge on any atom is 0.154 e. The molecule has 0 aliphatic heterocycles. The van der Waals surface area contributed by atoms with Crippen LogP contribution in [0, 0.1) is 5.92 Å². The van der Waals surface area contributed by atoms with Crippen LogP contribution in [0.5, 0.6) is 0 Å². The molecule has 2 aliphatic rings. The highest BCUT2D eigenvalue weighted by Crippen LogP contribution is 2.32. The number of hydrogen-bond acceptors (Lipinski definition) is 1. The second-order valence-corrected chi connectivity index (χ2v) is 10.2. The molecule has 0 nitrogen and oxygen atoms in total. The Morgan fingerprint density at radius 2 is 1.91 bits per heavy atom. The summed E-state index contributed by atoms with van der Waals surface area (Å²) in [5, 5.41) is 0.186. The summed E-state index contributed by atoms with van der Waals surface area (Å²) in [6.45, 7) is 13.2. The smallest absolute Gasteiger partial charge is 0.154 e. The van der Waals surface area contributed by atoms with Crippen LogP contribution in [0.4, 0.5) is 0 Å². The minimum Gasteiger partial charge on any atom is -0.179 e. The molecule has 1 unspecified atom stereocenters. The molecule has 0 heterocycles. The molecule has 0 spiro atoms. The van der Waals surface area contributed by atoms with Gasteiger partial charge in [0.2, 0.25) is 0 Å². The Labute approximate surface area is 209 Å². The van der Waals surface area contributed by atoms with Gasteiger partial charge >= 0.3 is 0 Å². The zero-order valence-corrected chi connectivity index (χ0v) is 22.2. The highest BCUT2D eigenvalue weighted by atomic mass is 32.1. The van der Waals surface area contributed by atoms with Crippen molar-refractivity contribution in [2.24, 2.45) is 5.92 Å². The molecule has 33 heavy (non-hydrogen) atoms. The second-order valence-electron chi connectivity index (χ2n) is 9.64. The number of thiol groups is 1. The lowest BCUT2D eigenvalue weighted by Gasteiger charge is -2.15. The SMILES string of the molecule is C=C/C=C(/C=C(/C=C/C=C(\C=C/C)CC1=CCCC=C1)\C=C(/C)C1CCCC1)C(S)B(C)C. The first-order valence-corrected chi connectivity index (χ1v) is 13.2. The molecule has 1 saturated carbocycles. The predicted octanol–water partition coefficient (Wildman–Crippen LogP) is 9.48. The topological polar surface area (TPSA) is 0 Å². The molecule has 0 saturated heterocycles. The molecule has 0 aromatic rings. The van der Waals surface area contributed by atoms with Gasteiger partial charge in [0, 0.05) is 5.15 Å². The van der Waals surface area contributed by atoms with E-state index < -0.39 is 0 Å². The van der Waals surface area contributed by atoms with Crippen molar-refractivity contribution in [1.82, 2.24) is 0 Å². The van der Waals surface area contributed by atoms with Crippen molar-refractivity contribution in [3.8, 4) is 0 Å². The van der Waals surface area contributed by atoms with Gasteiger partial charge in [-0.2, -0.15) is 12.6 Å². The van der Waals surface area contributed by atoms with Crippen LogP contribution in [0.2, 0.25) is 13.6 Å². The van der Waals surface area contributed by atoms with Crippen molar-refractivity contribution in [2.45, 2.75) is 77.6 Å². The van der Waals surface area contributed by atoms with Gasteiger partial charge < -0.3 is 0 Å². The fraction of sp³-hybridized carbons (Fsp3) is 0.419. The van der Waals surface area contributed by atoms with Crippen LogP contribution in [0.15, 0.2) is 107 Å². The van der Waals surface area contributed by atoms with Gasteiger partial charge in [0.25, 0.3) is 0 Å². The third-order valence-corrected chi connectivity index (χ3v) is 7.36. The maximum absolute atomic E-state index is 4.89. The molecular weight excluding hydrogens is 415 g/mol. The van der Waals surface area contributed by atoms with E-state index in [1.54, 1.807) is 0 Å². The van der Waals surface area contributed by atoms with Crippen molar-refractivity contribution >= 4 is 19.3 Å². The predicted molar refractivity (Wildman–Crippen MR) is 155 cm³/mol. The summed E-state index contributed by atoms with van der Waals surface area (Å²) >= 11 is 4.89. The summed E-state index contributed by atoms with van der Waals surface area (Å²) in [6.07, 6.45) is 35.3. The maximum atomic E-state index is 4.89. The van der Waals surface area contributed by atoms with Crippen LogP contribution < -0.4 is 0 Å². The quantitative estimate of drug-likeness (QED) is 0.178. The molecule has 1 fully saturated rings. The monoisotopic (exact) mass is 458 g/mol. The fourth-order valence-corrected chi connectivity index (χ4v) is 4.71. The first kappa shape index (κ1) is 27.3. The van der Waals surface area contributed by atoms with Crippen molar-refractivity contribution in [1.29, 1.82) is 0 Å². The van der Waals surface area contributed by atoms with Gasteiger partial charge in [-0.15, -0.1) is 0 Å². The van der Waals surface area contributed by atoms with Gasteiger partial charge in [-0.1, -0.05) is 112 Å². The summed E-state index contributed by atoms with van der Waals surface area (Å²) < 4.78 is 0. The molecule has 2 heteroatoms. The molecule has 0 aromatic heterocycles. The zero-order chi connectivity index (χ0) is 24.1. The van der Waals surface area contributed by atoms with Gasteiger partial charge in [-0.3, -0.25) is 0 Å². The van der Waals surface area contributed by atoms with Gasteiger partial charge in [0.05, 0.1) is 0 Å². The van der Waals surface area contributed by atoms with Crippen LogP contribution in [-0.2, 0) is 0 Å². The van der Waals surface area contributed by atoms with E-state index in [0.717, 1.165) is 25.2 Å². The first-order valence-electron chi connectivity index (χ1n) is 12.7. The lowest BCUT2D eigenvalue weighted by atomic mass is 9.50. The van der Waals surface area contributed by atoms with E-state index in [1.807, 2.05) is 6.08 Å². The standard InChI is InChI=1S/C31H43BS/c1-6-14-26(23-27-16-9-8-10-17-27)18-13-19-28(22-25(3)29-20-11-12-21-29)24-30(15-7-2)31(33)32(4)5/h6-7,9,13-19,22,24,29,31,33H,2,8,10-12,20-21,23H2,1,3-5H3/b14-6-,19-13+,25-22+,26-18+,28-24-,30-15-. The van der Waals surface area contributed by atoms with E-state index in [4.69, 9.17) is 12.6 Å². The normalized spacial score (nSPS) is 20.1. The van der Waals surface area contributed by atoms with E-state index in [9.17, 15) is 0 Å². The Balaban J connectivity index is 2.35. The largest absolute Gasteiger partial charge is 0.179 e. The van der Waals surface area contributed by atoms with Crippen molar-refractivity contribution in [2.75, 3.05) is 0 Å². The summed E-state index contributed by atoms with van der Waals surface area (Å²) in [5.41, 5.74) is 6.70. The van der Waals surface area contributed by atoms with E-state index in [2.05, 4.69) is 101 Å². The summed E-state index contributed by atoms with van der Waals surface area (Å²) in [5.74, 6) is 0.727. The van der Waals surface area contributed by atoms with Gasteiger partial charge in [0.15, 0.2) is 6.71 Å². The third kappa shape index (κ3) is 9.84. The van der Waals surface area contributed by atoms with Crippen LogP contribution in [0.25, 0.3) is 0 Å². The molecule has 0 amide bonds. The molecule has 0 N–H and O–H groups in total. The third-order valence-electron chi connectivity index (χ3n) is 6.47. The molecule has 0 radical (unpaired) electrons. The van der Waals surface area contributed by atoms with Gasteiger partial charge in [0.1, 0.15) is 0 Å². The van der Waals surface area contributed by atoms with Crippen molar-refractivity contribution in [3.63, 3.8) is 0 Å². The van der Waals surface area contributed by atoms with Crippen molar-refractivity contribution < 1.29 is 0 Å². The highest BCUT2D eigenvalue weighted by molar-refractivity contribution is 7.83. The molecule has 1 atom stereocenters. The highest BCUT2D eigenvalue weighted by Gasteiger charge is 2.17. The molecule has 176 valence electrons. The van der Waals surface area contributed by atoms with Crippen LogP contribution in [-0.4, -0.2) is 11.9 Å². The second kappa shape index (κ2) is 15.1. The molecular formula is C31H43BS. The minimum atomic E-state index is 0.186. The Hall–Kier alpha value is -1.93. The van der Waals surface area contributed by atoms with Crippen LogP contribution >= 0.6 is 12.6 Å². The number of allylic oxidation sites excluding steroid dienone is 16. The van der Waals surface area contributed by atoms with Gasteiger partial charge in [-0.25, -0.2) is 0 Å². The number of hydrogen-bond donors (Lipinski definition) is 1. The molecule has 0 bridgehead atoms. The molecule has 2 rings (SSSR count). The Morgan fingerprint density at radius 3 is 2.52 bits per heavy atom. The van der Waals surface area contributed by atoms with Crippen LogP contribution in [0.1, 0.15) is 58.8 Å². The Bertz CT molecular complexity index is 880. The van der Waals surface area contributed by atoms with E-state index >= 15 is 0 Å². The molecule has 2 aliphatic carbocycles. The lowest BCUT2D eigenvalue weighted by molar-refractivity contribution is 0.642. The molecule has 0 aromatic carbocycles.